The fourth-order valence-corrected chi connectivity index (χ4v) is 3.46. The number of carbonyl (C=O) groups is 1. The maximum absolute atomic E-state index is 12.6. The van der Waals surface area contributed by atoms with E-state index in [1.54, 1.807) is 6.20 Å². The van der Waals surface area contributed by atoms with Crippen LogP contribution in [0.15, 0.2) is 65.4 Å². The monoisotopic (exact) mass is 394 g/mol. The van der Waals surface area contributed by atoms with Gasteiger partial charge in [-0.25, -0.2) is 0 Å². The van der Waals surface area contributed by atoms with Crippen LogP contribution in [0.3, 0.4) is 0 Å². The number of nitrogens with one attached hydrogen (secondary N) is 2. The highest BCUT2D eigenvalue weighted by Crippen LogP contribution is 2.38. The number of fused-ring (bicyclic) bond motifs is 1. The molecule has 0 atom stereocenters. The molecule has 1 amide bonds. The number of hydrogen-bond acceptors (Lipinski definition) is 3. The lowest BCUT2D eigenvalue weighted by Crippen LogP contribution is -2.13. The zero-order chi connectivity index (χ0) is 17.4. The summed E-state index contributed by atoms with van der Waals surface area (Å²) in [6, 6.07) is 15.6. The summed E-state index contributed by atoms with van der Waals surface area (Å²) in [5.74, 6) is 0.662. The number of anilines is 3. The van der Waals surface area contributed by atoms with Crippen LogP contribution in [0, 0.1) is 6.92 Å². The average Bonchev–Trinajstić information content (AvgIpc) is 3.22. The first kappa shape index (κ1) is 15.7. The van der Waals surface area contributed by atoms with Crippen LogP contribution in [0.4, 0.5) is 17.2 Å². The molecule has 124 valence electrons. The molecule has 0 aliphatic carbocycles. The molecule has 0 saturated carbocycles. The van der Waals surface area contributed by atoms with Crippen LogP contribution in [-0.2, 0) is 4.79 Å². The topological polar surface area (TPSA) is 61.0 Å². The van der Waals surface area contributed by atoms with Crippen LogP contribution < -0.4 is 10.2 Å². The Hall–Kier alpha value is -2.86. The number of H-pyrrole nitrogens is 1. The van der Waals surface area contributed by atoms with E-state index in [2.05, 4.69) is 31.4 Å². The molecule has 6 heteroatoms. The molecule has 3 aromatic rings. The first-order valence-electron chi connectivity index (χ1n) is 7.81. The highest BCUT2D eigenvalue weighted by Gasteiger charge is 2.27. The molecule has 1 aliphatic rings. The maximum atomic E-state index is 12.6. The maximum Gasteiger partial charge on any atom is 0.257 e. The van der Waals surface area contributed by atoms with E-state index in [0.29, 0.717) is 5.57 Å². The van der Waals surface area contributed by atoms with Crippen molar-refractivity contribution in [1.29, 1.82) is 0 Å². The molecular formula is C19H15BrN4O. The summed E-state index contributed by atoms with van der Waals surface area (Å²) in [7, 11) is 0. The Bertz CT molecular complexity index is 979. The average molecular weight is 395 g/mol. The van der Waals surface area contributed by atoms with Crippen molar-refractivity contribution in [3.63, 3.8) is 0 Å². The molecule has 5 nitrogen and oxygen atoms in total. The summed E-state index contributed by atoms with van der Waals surface area (Å²) in [5.41, 5.74) is 4.36. The van der Waals surface area contributed by atoms with Gasteiger partial charge in [0.25, 0.3) is 5.91 Å². The van der Waals surface area contributed by atoms with Gasteiger partial charge in [-0.2, -0.15) is 5.10 Å². The van der Waals surface area contributed by atoms with Gasteiger partial charge in [-0.1, -0.05) is 24.3 Å². The fourth-order valence-electron chi connectivity index (χ4n) is 2.98. The van der Waals surface area contributed by atoms with Crippen molar-refractivity contribution >= 4 is 44.6 Å². The number of para-hydroxylation sites is 1. The van der Waals surface area contributed by atoms with Gasteiger partial charge in [0.15, 0.2) is 0 Å². The second-order valence-electron chi connectivity index (χ2n) is 5.76. The first-order valence-corrected chi connectivity index (χ1v) is 8.61. The molecule has 2 aromatic carbocycles. The number of benzene rings is 2. The Morgan fingerprint density at radius 2 is 1.96 bits per heavy atom. The number of aromatic nitrogens is 2. The molecule has 1 aliphatic heterocycles. The van der Waals surface area contributed by atoms with E-state index in [-0.39, 0.29) is 5.91 Å². The van der Waals surface area contributed by atoms with Gasteiger partial charge in [-0.15, -0.1) is 0 Å². The standard InChI is InChI=1S/C19H15BrN4O/c1-12-5-4-7-15-18(12)13(19(25)22-15)11-24(17-9-10-21-23-17)16-8-3-2-6-14(16)20/h2-11H,1H3,(H,21,23)(H,22,25). The van der Waals surface area contributed by atoms with Crippen LogP contribution in [0.25, 0.3) is 5.57 Å². The van der Waals surface area contributed by atoms with Crippen molar-refractivity contribution in [3.8, 4) is 0 Å². The SMILES string of the molecule is Cc1cccc2c1C(=CN(c1ccn[nH]1)c1ccccc1Br)C(=O)N2. The number of amides is 1. The Morgan fingerprint density at radius 3 is 2.72 bits per heavy atom. The largest absolute Gasteiger partial charge is 0.321 e. The van der Waals surface area contributed by atoms with Crippen LogP contribution in [0.2, 0.25) is 0 Å². The van der Waals surface area contributed by atoms with Crippen LogP contribution >= 0.6 is 15.9 Å². The number of rotatable bonds is 3. The zero-order valence-electron chi connectivity index (χ0n) is 13.5. The highest BCUT2D eigenvalue weighted by molar-refractivity contribution is 9.10. The zero-order valence-corrected chi connectivity index (χ0v) is 15.0. The van der Waals surface area contributed by atoms with Gasteiger partial charge >= 0.3 is 0 Å². The second-order valence-corrected chi connectivity index (χ2v) is 6.61. The third-order valence-corrected chi connectivity index (χ3v) is 4.82. The van der Waals surface area contributed by atoms with Crippen molar-refractivity contribution in [3.05, 3.63) is 76.5 Å². The van der Waals surface area contributed by atoms with E-state index in [1.165, 1.54) is 0 Å². The third-order valence-electron chi connectivity index (χ3n) is 4.15. The van der Waals surface area contributed by atoms with E-state index in [4.69, 9.17) is 0 Å². The fraction of sp³-hybridized carbons (Fsp3) is 0.0526. The summed E-state index contributed by atoms with van der Waals surface area (Å²) >= 11 is 3.59. The van der Waals surface area contributed by atoms with E-state index in [1.807, 2.05) is 66.6 Å². The minimum atomic E-state index is -0.110. The van der Waals surface area contributed by atoms with Crippen molar-refractivity contribution in [1.82, 2.24) is 10.2 Å². The van der Waals surface area contributed by atoms with E-state index in [0.717, 1.165) is 32.8 Å². The minimum absolute atomic E-state index is 0.110. The normalized spacial score (nSPS) is 14.5. The molecule has 1 aromatic heterocycles. The van der Waals surface area contributed by atoms with Gasteiger partial charge < -0.3 is 10.2 Å². The van der Waals surface area contributed by atoms with Gasteiger partial charge in [-0.3, -0.25) is 9.89 Å². The summed E-state index contributed by atoms with van der Waals surface area (Å²) in [4.78, 5) is 14.5. The van der Waals surface area contributed by atoms with Crippen molar-refractivity contribution in [2.24, 2.45) is 0 Å². The predicted molar refractivity (Wildman–Crippen MR) is 103 cm³/mol. The number of hydrogen-bond donors (Lipinski definition) is 2. The molecule has 0 bridgehead atoms. The van der Waals surface area contributed by atoms with E-state index in [9.17, 15) is 4.79 Å². The lowest BCUT2D eigenvalue weighted by atomic mass is 10.0. The molecule has 0 unspecified atom stereocenters. The number of carbonyl (C=O) groups excluding carboxylic acids is 1. The summed E-state index contributed by atoms with van der Waals surface area (Å²) in [5, 5.41) is 9.94. The lowest BCUT2D eigenvalue weighted by molar-refractivity contribution is -0.110. The van der Waals surface area contributed by atoms with Gasteiger partial charge in [-0.05, 0) is 46.6 Å². The third kappa shape index (κ3) is 2.74. The smallest absolute Gasteiger partial charge is 0.257 e. The summed E-state index contributed by atoms with van der Waals surface area (Å²) in [6.45, 7) is 2.01. The van der Waals surface area contributed by atoms with E-state index < -0.39 is 0 Å². The second kappa shape index (κ2) is 6.22. The Kier molecular flexibility index (Phi) is 3.89. The minimum Gasteiger partial charge on any atom is -0.321 e. The summed E-state index contributed by atoms with van der Waals surface area (Å²) < 4.78 is 0.921. The Labute approximate surface area is 153 Å². The molecule has 0 saturated heterocycles. The molecular weight excluding hydrogens is 380 g/mol. The molecule has 0 fully saturated rings. The van der Waals surface area contributed by atoms with Gasteiger partial charge in [0.1, 0.15) is 5.82 Å². The van der Waals surface area contributed by atoms with E-state index >= 15 is 0 Å². The molecule has 2 heterocycles. The Balaban J connectivity index is 1.90. The molecule has 2 N–H and O–H groups in total. The molecule has 0 spiro atoms. The predicted octanol–water partition coefficient (Wildman–Crippen LogP) is 4.61. The van der Waals surface area contributed by atoms with Crippen LogP contribution in [0.1, 0.15) is 11.1 Å². The van der Waals surface area contributed by atoms with Gasteiger partial charge in [0.05, 0.1) is 17.5 Å². The van der Waals surface area contributed by atoms with Crippen molar-refractivity contribution in [2.45, 2.75) is 6.92 Å². The Morgan fingerprint density at radius 1 is 1.12 bits per heavy atom. The summed E-state index contributed by atoms with van der Waals surface area (Å²) in [6.07, 6.45) is 3.54. The van der Waals surface area contributed by atoms with Crippen LogP contribution in [-0.4, -0.2) is 16.1 Å². The number of aromatic amines is 1. The number of nitrogens with zero attached hydrogens (tertiary/aromatic N) is 2. The molecule has 0 radical (unpaired) electrons. The van der Waals surface area contributed by atoms with Crippen molar-refractivity contribution in [2.75, 3.05) is 10.2 Å². The number of halogens is 1. The van der Waals surface area contributed by atoms with Crippen LogP contribution in [0.5, 0.6) is 0 Å². The van der Waals surface area contributed by atoms with Gasteiger partial charge in [0, 0.05) is 28.0 Å². The number of aryl methyl sites for hydroxylation is 1. The van der Waals surface area contributed by atoms with Gasteiger partial charge in [0.2, 0.25) is 0 Å². The lowest BCUT2D eigenvalue weighted by Gasteiger charge is -2.21. The van der Waals surface area contributed by atoms with Crippen molar-refractivity contribution < 1.29 is 4.79 Å². The highest BCUT2D eigenvalue weighted by atomic mass is 79.9. The quantitative estimate of drug-likeness (QED) is 0.637. The molecule has 25 heavy (non-hydrogen) atoms. The first-order chi connectivity index (χ1) is 12.1. The molecule has 4 rings (SSSR count).